The standard InChI is InChI=1S/C33H39N3O9/c1-5-45-23-9-6-15(10-17(23)14-35-31(43)36-32(2,3)4)19-7-8-21(37)25-20(19)12-16-11-18-13-22(38)26(30(34)42)29(41)33(18,44)28(40)24(16)27(25)39/h6-10,16,18,22,26,37-39,44H,5,11-14H2,1-4H3,(H2,34,42)(H2,35,36,43)/t16-,18+,22?,26?,33+/m1/s1. The number of nitrogens with two attached hydrogens (primary N) is 1. The SMILES string of the molecule is CCOc1ccc(-c2ccc(O)c3c2C[C@H]2C[C@H]4CC(O)C(C(N)=O)C(=O)[C@@]4(O)C(=O)C2=C3O)cc1CNC(=O)NC(C)(C)C. The minimum Gasteiger partial charge on any atom is -0.507 e. The first kappa shape index (κ1) is 32.0. The summed E-state index contributed by atoms with van der Waals surface area (Å²) in [6.45, 7) is 8.01. The maximum absolute atomic E-state index is 13.8. The molecule has 5 atom stereocenters. The van der Waals surface area contributed by atoms with Crippen LogP contribution in [0.4, 0.5) is 4.79 Å². The third-order valence-electron chi connectivity index (χ3n) is 8.87. The van der Waals surface area contributed by atoms with E-state index in [2.05, 4.69) is 10.6 Å². The predicted molar refractivity (Wildman–Crippen MR) is 163 cm³/mol. The molecule has 3 amide bonds. The third kappa shape index (κ3) is 5.53. The van der Waals surface area contributed by atoms with Crippen LogP contribution in [0.25, 0.3) is 16.9 Å². The van der Waals surface area contributed by atoms with Crippen molar-refractivity contribution in [1.82, 2.24) is 10.6 Å². The summed E-state index contributed by atoms with van der Waals surface area (Å²) >= 11 is 0. The molecular weight excluding hydrogens is 582 g/mol. The van der Waals surface area contributed by atoms with E-state index in [9.17, 15) is 39.6 Å². The third-order valence-corrected chi connectivity index (χ3v) is 8.87. The van der Waals surface area contributed by atoms with E-state index in [4.69, 9.17) is 10.5 Å². The van der Waals surface area contributed by atoms with Crippen LogP contribution in [0.15, 0.2) is 35.9 Å². The van der Waals surface area contributed by atoms with Crippen molar-refractivity contribution >= 4 is 29.3 Å². The number of hydrogen-bond acceptors (Lipinski definition) is 9. The molecule has 12 nitrogen and oxygen atoms in total. The summed E-state index contributed by atoms with van der Waals surface area (Å²) in [7, 11) is 0. The molecule has 2 aromatic rings. The van der Waals surface area contributed by atoms with Gasteiger partial charge in [0, 0.05) is 29.1 Å². The molecule has 3 aliphatic carbocycles. The molecule has 0 aliphatic heterocycles. The Hall–Kier alpha value is -4.42. The fourth-order valence-corrected chi connectivity index (χ4v) is 6.94. The second-order valence-electron chi connectivity index (χ2n) is 13.0. The Morgan fingerprint density at radius 2 is 1.82 bits per heavy atom. The number of ether oxygens (including phenoxy) is 1. The van der Waals surface area contributed by atoms with Crippen molar-refractivity contribution in [2.75, 3.05) is 6.61 Å². The maximum Gasteiger partial charge on any atom is 0.315 e. The number of nitrogens with one attached hydrogen (secondary N) is 2. The van der Waals surface area contributed by atoms with Crippen molar-refractivity contribution in [3.8, 4) is 22.6 Å². The van der Waals surface area contributed by atoms with Crippen LogP contribution in [0, 0.1) is 17.8 Å². The van der Waals surface area contributed by atoms with Gasteiger partial charge in [-0.25, -0.2) is 4.79 Å². The van der Waals surface area contributed by atoms with Crippen molar-refractivity contribution in [2.24, 2.45) is 23.5 Å². The number of primary amides is 1. The molecule has 240 valence electrons. The van der Waals surface area contributed by atoms with Crippen molar-refractivity contribution in [3.05, 3.63) is 52.6 Å². The monoisotopic (exact) mass is 621 g/mol. The molecule has 12 heteroatoms. The molecule has 5 rings (SSSR count). The zero-order chi connectivity index (χ0) is 33.0. The van der Waals surface area contributed by atoms with E-state index in [1.807, 2.05) is 39.8 Å². The highest BCUT2D eigenvalue weighted by atomic mass is 16.5. The van der Waals surface area contributed by atoms with E-state index in [1.54, 1.807) is 12.1 Å². The lowest BCUT2D eigenvalue weighted by Crippen LogP contribution is -2.66. The van der Waals surface area contributed by atoms with Crippen molar-refractivity contribution in [1.29, 1.82) is 0 Å². The van der Waals surface area contributed by atoms with Gasteiger partial charge in [-0.05, 0) is 87.8 Å². The Labute approximate surface area is 260 Å². The first-order chi connectivity index (χ1) is 21.1. The van der Waals surface area contributed by atoms with E-state index in [0.717, 1.165) is 0 Å². The number of fused-ring (bicyclic) bond motifs is 3. The van der Waals surface area contributed by atoms with Crippen molar-refractivity contribution < 1.29 is 44.3 Å². The second kappa shape index (κ2) is 11.5. The van der Waals surface area contributed by atoms with Crippen LogP contribution >= 0.6 is 0 Å². The first-order valence-corrected chi connectivity index (χ1v) is 15.0. The number of aliphatic hydroxyl groups excluding tert-OH is 2. The number of aliphatic hydroxyl groups is 3. The number of benzene rings is 2. The van der Waals surface area contributed by atoms with Crippen LogP contribution in [-0.2, 0) is 27.3 Å². The predicted octanol–water partition coefficient (Wildman–Crippen LogP) is 2.25. The van der Waals surface area contributed by atoms with Crippen LogP contribution in [0.5, 0.6) is 11.5 Å². The van der Waals surface area contributed by atoms with Crippen LogP contribution in [0.1, 0.15) is 57.2 Å². The van der Waals surface area contributed by atoms with Gasteiger partial charge in [-0.15, -0.1) is 0 Å². The van der Waals surface area contributed by atoms with E-state index in [1.165, 1.54) is 6.07 Å². The number of urea groups is 1. The van der Waals surface area contributed by atoms with Gasteiger partial charge < -0.3 is 41.5 Å². The van der Waals surface area contributed by atoms with E-state index in [0.29, 0.717) is 34.6 Å². The number of phenols is 1. The summed E-state index contributed by atoms with van der Waals surface area (Å²) in [5, 5.41) is 50.0. The lowest BCUT2D eigenvalue weighted by Gasteiger charge is -2.48. The first-order valence-electron chi connectivity index (χ1n) is 15.0. The van der Waals surface area contributed by atoms with Gasteiger partial charge in [-0.1, -0.05) is 12.1 Å². The molecule has 45 heavy (non-hydrogen) atoms. The number of amides is 3. The summed E-state index contributed by atoms with van der Waals surface area (Å²) < 4.78 is 5.79. The van der Waals surface area contributed by atoms with Gasteiger partial charge in [0.25, 0.3) is 0 Å². The Morgan fingerprint density at radius 3 is 2.47 bits per heavy atom. The van der Waals surface area contributed by atoms with Gasteiger partial charge in [0.05, 0.1) is 18.3 Å². The Kier molecular flexibility index (Phi) is 8.17. The normalized spacial score (nSPS) is 26.0. The highest BCUT2D eigenvalue weighted by molar-refractivity contribution is 6.24. The lowest BCUT2D eigenvalue weighted by molar-refractivity contribution is -0.174. The Bertz CT molecular complexity index is 1630. The molecule has 0 aromatic heterocycles. The summed E-state index contributed by atoms with van der Waals surface area (Å²) in [6.07, 6.45) is -1.42. The largest absolute Gasteiger partial charge is 0.507 e. The molecule has 2 aromatic carbocycles. The molecule has 0 bridgehead atoms. The molecule has 0 radical (unpaired) electrons. The van der Waals surface area contributed by atoms with Gasteiger partial charge >= 0.3 is 6.03 Å². The van der Waals surface area contributed by atoms with Gasteiger partial charge in [-0.2, -0.15) is 0 Å². The number of phenolic OH excluding ortho intramolecular Hbond substituents is 1. The highest BCUT2D eigenvalue weighted by Crippen LogP contribution is 2.52. The quantitative estimate of drug-likeness (QED) is 0.236. The van der Waals surface area contributed by atoms with Crippen LogP contribution in [0.3, 0.4) is 0 Å². The summed E-state index contributed by atoms with van der Waals surface area (Å²) in [5.74, 6) is -7.08. The Morgan fingerprint density at radius 1 is 1.11 bits per heavy atom. The summed E-state index contributed by atoms with van der Waals surface area (Å²) in [5.41, 5.74) is 4.62. The van der Waals surface area contributed by atoms with Gasteiger partial charge in [0.15, 0.2) is 11.4 Å². The van der Waals surface area contributed by atoms with Crippen LogP contribution in [0.2, 0.25) is 0 Å². The highest BCUT2D eigenvalue weighted by Gasteiger charge is 2.64. The number of carbonyl (C=O) groups excluding carboxylic acids is 4. The number of ketones is 2. The topological polar surface area (TPSA) is 209 Å². The second-order valence-corrected chi connectivity index (χ2v) is 13.0. The molecule has 2 saturated carbocycles. The van der Waals surface area contributed by atoms with E-state index < -0.39 is 58.2 Å². The van der Waals surface area contributed by atoms with Gasteiger partial charge in [0.2, 0.25) is 11.7 Å². The molecule has 2 unspecified atom stereocenters. The molecule has 2 fully saturated rings. The molecule has 3 aliphatic rings. The lowest BCUT2D eigenvalue weighted by atomic mass is 9.56. The smallest absolute Gasteiger partial charge is 0.315 e. The van der Waals surface area contributed by atoms with Gasteiger partial charge in [-0.3, -0.25) is 14.4 Å². The fraction of sp³-hybridized carbons (Fsp3) is 0.455. The number of carbonyl (C=O) groups is 4. The molecule has 0 heterocycles. The fourth-order valence-electron chi connectivity index (χ4n) is 6.94. The molecule has 8 N–H and O–H groups in total. The molecular formula is C33H39N3O9. The summed E-state index contributed by atoms with van der Waals surface area (Å²) in [6, 6.07) is 8.16. The Balaban J connectivity index is 1.56. The minimum absolute atomic E-state index is 0.00186. The number of rotatable bonds is 6. The number of hydrogen-bond donors (Lipinski definition) is 7. The maximum atomic E-state index is 13.8. The van der Waals surface area contributed by atoms with E-state index in [-0.39, 0.29) is 48.7 Å². The van der Waals surface area contributed by atoms with E-state index >= 15 is 0 Å². The molecule has 0 saturated heterocycles. The zero-order valence-corrected chi connectivity index (χ0v) is 25.6. The molecule has 0 spiro atoms. The van der Waals surface area contributed by atoms with Crippen LogP contribution < -0.4 is 21.1 Å². The number of Topliss-reactive ketones (excluding diaryl/α,β-unsaturated/α-hetero) is 2. The zero-order valence-electron chi connectivity index (χ0n) is 25.6. The summed E-state index contributed by atoms with van der Waals surface area (Å²) in [4.78, 5) is 51.4. The van der Waals surface area contributed by atoms with Crippen molar-refractivity contribution in [2.45, 2.75) is 70.7 Å². The minimum atomic E-state index is -2.64. The number of aromatic hydroxyl groups is 1. The van der Waals surface area contributed by atoms with Gasteiger partial charge in [0.1, 0.15) is 23.2 Å². The average Bonchev–Trinajstić information content (AvgIpc) is 2.93. The average molecular weight is 622 g/mol. The van der Waals surface area contributed by atoms with Crippen LogP contribution in [-0.4, -0.2) is 67.8 Å². The van der Waals surface area contributed by atoms with Crippen molar-refractivity contribution in [3.63, 3.8) is 0 Å².